The number of rotatable bonds is 6. The summed E-state index contributed by atoms with van der Waals surface area (Å²) in [6, 6.07) is 10.2. The maximum Gasteiger partial charge on any atom is 0.224 e. The number of carbonyl (C=O) groups is 1. The second kappa shape index (κ2) is 5.74. The molecular formula is C16H23NO2. The number of aliphatic hydroxyl groups excluding tert-OH is 1. The lowest BCUT2D eigenvalue weighted by atomic mass is 9.93. The third kappa shape index (κ3) is 2.98. The highest BCUT2D eigenvalue weighted by molar-refractivity contribution is 5.83. The Balaban J connectivity index is 1.96. The van der Waals surface area contributed by atoms with Crippen molar-refractivity contribution in [1.29, 1.82) is 0 Å². The molecule has 0 radical (unpaired) electrons. The van der Waals surface area contributed by atoms with Gasteiger partial charge in [0.2, 0.25) is 5.91 Å². The van der Waals surface area contributed by atoms with Gasteiger partial charge >= 0.3 is 0 Å². The molecule has 1 aliphatic rings. The fourth-order valence-corrected chi connectivity index (χ4v) is 2.60. The van der Waals surface area contributed by atoms with Gasteiger partial charge in [-0.2, -0.15) is 0 Å². The van der Waals surface area contributed by atoms with E-state index in [1.807, 2.05) is 32.0 Å². The number of hydrogen-bond donors (Lipinski definition) is 2. The molecule has 0 heterocycles. The molecule has 19 heavy (non-hydrogen) atoms. The molecule has 0 spiro atoms. The Bertz CT molecular complexity index is 417. The first-order chi connectivity index (χ1) is 9.15. The van der Waals surface area contributed by atoms with E-state index in [0.29, 0.717) is 5.92 Å². The maximum atomic E-state index is 12.3. The van der Waals surface area contributed by atoms with Gasteiger partial charge < -0.3 is 10.4 Å². The lowest BCUT2D eigenvalue weighted by Crippen LogP contribution is -2.51. The van der Waals surface area contributed by atoms with Crippen molar-refractivity contribution in [2.75, 3.05) is 6.61 Å². The molecule has 0 aliphatic heterocycles. The SMILES string of the molecule is CCC(CC)(CO)NC(=O)[C@H]1C[C@H]1c1ccccc1. The molecule has 1 fully saturated rings. The van der Waals surface area contributed by atoms with E-state index in [0.717, 1.165) is 19.3 Å². The molecule has 1 aromatic carbocycles. The van der Waals surface area contributed by atoms with Crippen LogP contribution in [0.25, 0.3) is 0 Å². The van der Waals surface area contributed by atoms with Crippen LogP contribution in [0.4, 0.5) is 0 Å². The summed E-state index contributed by atoms with van der Waals surface area (Å²) in [4.78, 5) is 12.3. The van der Waals surface area contributed by atoms with Crippen LogP contribution in [0.3, 0.4) is 0 Å². The van der Waals surface area contributed by atoms with Crippen molar-refractivity contribution in [2.45, 2.75) is 44.6 Å². The molecule has 2 atom stereocenters. The molecule has 2 rings (SSSR count). The number of hydrogen-bond acceptors (Lipinski definition) is 2. The average molecular weight is 261 g/mol. The van der Waals surface area contributed by atoms with Crippen LogP contribution in [0.1, 0.15) is 44.6 Å². The molecule has 0 aromatic heterocycles. The Hall–Kier alpha value is -1.35. The standard InChI is InChI=1S/C16H23NO2/c1-3-16(4-2,11-18)17-15(19)14-10-13(14)12-8-6-5-7-9-12/h5-9,13-14,18H,3-4,10-11H2,1-2H3,(H,17,19)/t13-,14-/m0/s1. The average Bonchev–Trinajstić information content (AvgIpc) is 3.26. The third-order valence-electron chi connectivity index (χ3n) is 4.40. The first kappa shape index (κ1) is 14.1. The number of carbonyl (C=O) groups excluding carboxylic acids is 1. The van der Waals surface area contributed by atoms with Crippen molar-refractivity contribution in [3.8, 4) is 0 Å². The molecule has 1 amide bonds. The molecule has 104 valence electrons. The number of aliphatic hydroxyl groups is 1. The van der Waals surface area contributed by atoms with E-state index < -0.39 is 5.54 Å². The molecule has 1 aromatic rings. The highest BCUT2D eigenvalue weighted by Gasteiger charge is 2.45. The minimum absolute atomic E-state index is 0.00840. The number of nitrogens with one attached hydrogen (secondary N) is 1. The Kier molecular flexibility index (Phi) is 4.25. The minimum Gasteiger partial charge on any atom is -0.394 e. The Morgan fingerprint density at radius 1 is 1.32 bits per heavy atom. The monoisotopic (exact) mass is 261 g/mol. The van der Waals surface area contributed by atoms with Crippen molar-refractivity contribution in [2.24, 2.45) is 5.92 Å². The van der Waals surface area contributed by atoms with Crippen molar-refractivity contribution in [1.82, 2.24) is 5.32 Å². The topological polar surface area (TPSA) is 49.3 Å². The van der Waals surface area contributed by atoms with Crippen LogP contribution in [0.5, 0.6) is 0 Å². The van der Waals surface area contributed by atoms with Crippen molar-refractivity contribution in [3.63, 3.8) is 0 Å². The second-order valence-electron chi connectivity index (χ2n) is 5.49. The first-order valence-electron chi connectivity index (χ1n) is 7.13. The highest BCUT2D eigenvalue weighted by Crippen LogP contribution is 2.47. The lowest BCUT2D eigenvalue weighted by molar-refractivity contribution is -0.125. The van der Waals surface area contributed by atoms with Crippen LogP contribution in [-0.2, 0) is 4.79 Å². The highest BCUT2D eigenvalue weighted by atomic mass is 16.3. The zero-order valence-electron chi connectivity index (χ0n) is 11.7. The van der Waals surface area contributed by atoms with Gasteiger partial charge in [0.1, 0.15) is 0 Å². The van der Waals surface area contributed by atoms with E-state index in [9.17, 15) is 9.90 Å². The van der Waals surface area contributed by atoms with E-state index in [1.165, 1.54) is 5.56 Å². The minimum atomic E-state index is -0.444. The van der Waals surface area contributed by atoms with Gasteiger partial charge in [-0.15, -0.1) is 0 Å². The quantitative estimate of drug-likeness (QED) is 0.826. The van der Waals surface area contributed by atoms with Crippen LogP contribution < -0.4 is 5.32 Å². The van der Waals surface area contributed by atoms with Gasteiger partial charge in [0.15, 0.2) is 0 Å². The Labute approximate surface area is 115 Å². The normalized spacial score (nSPS) is 22.1. The van der Waals surface area contributed by atoms with Gasteiger partial charge in [-0.25, -0.2) is 0 Å². The fourth-order valence-electron chi connectivity index (χ4n) is 2.60. The van der Waals surface area contributed by atoms with Gasteiger partial charge in [-0.3, -0.25) is 4.79 Å². The molecule has 1 aliphatic carbocycles. The van der Waals surface area contributed by atoms with Gasteiger partial charge in [0, 0.05) is 5.92 Å². The van der Waals surface area contributed by atoms with E-state index >= 15 is 0 Å². The summed E-state index contributed by atoms with van der Waals surface area (Å²) in [5.41, 5.74) is 0.797. The predicted octanol–water partition coefficient (Wildman–Crippen LogP) is 2.46. The van der Waals surface area contributed by atoms with Crippen molar-refractivity contribution < 1.29 is 9.90 Å². The summed E-state index contributed by atoms with van der Waals surface area (Å²) < 4.78 is 0. The van der Waals surface area contributed by atoms with Crippen LogP contribution in [-0.4, -0.2) is 23.2 Å². The van der Waals surface area contributed by atoms with E-state index in [1.54, 1.807) is 0 Å². The summed E-state index contributed by atoms with van der Waals surface area (Å²) >= 11 is 0. The summed E-state index contributed by atoms with van der Waals surface area (Å²) in [7, 11) is 0. The number of benzene rings is 1. The molecule has 2 N–H and O–H groups in total. The molecule has 0 unspecified atom stereocenters. The molecule has 0 bridgehead atoms. The van der Waals surface area contributed by atoms with Gasteiger partial charge in [-0.1, -0.05) is 44.2 Å². The molecule has 3 nitrogen and oxygen atoms in total. The van der Waals surface area contributed by atoms with Gasteiger partial charge in [-0.05, 0) is 30.7 Å². The fraction of sp³-hybridized carbons (Fsp3) is 0.562. The smallest absolute Gasteiger partial charge is 0.224 e. The summed E-state index contributed by atoms with van der Waals surface area (Å²) in [5, 5.41) is 12.5. The van der Waals surface area contributed by atoms with Crippen LogP contribution >= 0.6 is 0 Å². The van der Waals surface area contributed by atoms with Gasteiger partial charge in [0.25, 0.3) is 0 Å². The summed E-state index contributed by atoms with van der Waals surface area (Å²) in [6.07, 6.45) is 2.44. The second-order valence-corrected chi connectivity index (χ2v) is 5.49. The van der Waals surface area contributed by atoms with Crippen LogP contribution in [0.15, 0.2) is 30.3 Å². The zero-order chi connectivity index (χ0) is 13.9. The van der Waals surface area contributed by atoms with Crippen LogP contribution in [0.2, 0.25) is 0 Å². The van der Waals surface area contributed by atoms with E-state index in [4.69, 9.17) is 0 Å². The molecule has 0 saturated heterocycles. The first-order valence-corrected chi connectivity index (χ1v) is 7.13. The lowest BCUT2D eigenvalue weighted by Gasteiger charge is -2.30. The third-order valence-corrected chi connectivity index (χ3v) is 4.40. The molecular weight excluding hydrogens is 238 g/mol. The van der Waals surface area contributed by atoms with Crippen molar-refractivity contribution >= 4 is 5.91 Å². The Morgan fingerprint density at radius 2 is 1.95 bits per heavy atom. The number of amides is 1. The van der Waals surface area contributed by atoms with Gasteiger partial charge in [0.05, 0.1) is 12.1 Å². The zero-order valence-corrected chi connectivity index (χ0v) is 11.7. The van der Waals surface area contributed by atoms with Crippen LogP contribution in [0, 0.1) is 5.92 Å². The van der Waals surface area contributed by atoms with E-state index in [2.05, 4.69) is 17.4 Å². The predicted molar refractivity (Wildman–Crippen MR) is 75.8 cm³/mol. The van der Waals surface area contributed by atoms with Crippen molar-refractivity contribution in [3.05, 3.63) is 35.9 Å². The molecule has 1 saturated carbocycles. The van der Waals surface area contributed by atoms with E-state index in [-0.39, 0.29) is 18.4 Å². The summed E-state index contributed by atoms with van der Waals surface area (Å²) in [5.74, 6) is 0.518. The summed E-state index contributed by atoms with van der Waals surface area (Å²) in [6.45, 7) is 4.01. The Morgan fingerprint density at radius 3 is 2.47 bits per heavy atom. The molecule has 3 heteroatoms. The maximum absolute atomic E-state index is 12.3. The largest absolute Gasteiger partial charge is 0.394 e.